The number of nitrogens with zero attached hydrogens (tertiary/aromatic N) is 5. The predicted molar refractivity (Wildman–Crippen MR) is 84.8 cm³/mol. The van der Waals surface area contributed by atoms with Crippen molar-refractivity contribution in [2.45, 2.75) is 32.2 Å². The number of hydrogen-bond donors (Lipinski definition) is 0. The van der Waals surface area contributed by atoms with Crippen LogP contribution < -0.4 is 4.90 Å². The highest BCUT2D eigenvalue weighted by molar-refractivity contribution is 5.40. The van der Waals surface area contributed by atoms with E-state index < -0.39 is 0 Å². The third-order valence-corrected chi connectivity index (χ3v) is 4.09. The molecule has 3 heterocycles. The molecule has 0 bridgehead atoms. The number of imidazole rings is 1. The van der Waals surface area contributed by atoms with Crippen LogP contribution in [0.1, 0.15) is 37.2 Å². The van der Waals surface area contributed by atoms with Gasteiger partial charge >= 0.3 is 0 Å². The van der Waals surface area contributed by atoms with Crippen LogP contribution in [0.2, 0.25) is 0 Å². The van der Waals surface area contributed by atoms with Gasteiger partial charge in [0.05, 0.1) is 18.8 Å². The predicted octanol–water partition coefficient (Wildman–Crippen LogP) is 2.13. The molecule has 1 atom stereocenters. The van der Waals surface area contributed by atoms with Crippen LogP contribution in [0.15, 0.2) is 24.8 Å². The zero-order valence-electron chi connectivity index (χ0n) is 13.3. The zero-order valence-corrected chi connectivity index (χ0v) is 13.3. The Bertz CT molecular complexity index is 606. The van der Waals surface area contributed by atoms with Crippen molar-refractivity contribution in [1.29, 1.82) is 0 Å². The summed E-state index contributed by atoms with van der Waals surface area (Å²) >= 11 is 0. The second-order valence-electron chi connectivity index (χ2n) is 5.74. The van der Waals surface area contributed by atoms with Crippen molar-refractivity contribution in [3.63, 3.8) is 0 Å². The SMILES string of the molecule is CCCN(Cc1nccn1C)c1cc(C2CCOC2)ncn1. The van der Waals surface area contributed by atoms with Crippen molar-refractivity contribution < 1.29 is 4.74 Å². The Morgan fingerprint density at radius 1 is 1.36 bits per heavy atom. The summed E-state index contributed by atoms with van der Waals surface area (Å²) in [7, 11) is 2.02. The van der Waals surface area contributed by atoms with Crippen molar-refractivity contribution in [2.75, 3.05) is 24.7 Å². The molecular formula is C16H23N5O. The van der Waals surface area contributed by atoms with Crippen LogP contribution >= 0.6 is 0 Å². The van der Waals surface area contributed by atoms with Gasteiger partial charge in [0.1, 0.15) is 18.0 Å². The summed E-state index contributed by atoms with van der Waals surface area (Å²) in [5.74, 6) is 2.41. The maximum Gasteiger partial charge on any atom is 0.132 e. The van der Waals surface area contributed by atoms with E-state index in [4.69, 9.17) is 4.74 Å². The summed E-state index contributed by atoms with van der Waals surface area (Å²) in [4.78, 5) is 15.6. The van der Waals surface area contributed by atoms with Gasteiger partial charge in [-0.05, 0) is 12.8 Å². The lowest BCUT2D eigenvalue weighted by molar-refractivity contribution is 0.193. The van der Waals surface area contributed by atoms with Crippen LogP contribution in [0.4, 0.5) is 5.82 Å². The van der Waals surface area contributed by atoms with Crippen LogP contribution in [-0.4, -0.2) is 39.3 Å². The van der Waals surface area contributed by atoms with E-state index in [0.29, 0.717) is 5.92 Å². The molecule has 0 aliphatic carbocycles. The largest absolute Gasteiger partial charge is 0.381 e. The average molecular weight is 301 g/mol. The van der Waals surface area contributed by atoms with Gasteiger partial charge in [-0.1, -0.05) is 6.92 Å². The molecule has 0 aromatic carbocycles. The molecule has 0 amide bonds. The Balaban J connectivity index is 1.81. The molecule has 22 heavy (non-hydrogen) atoms. The minimum Gasteiger partial charge on any atom is -0.381 e. The first kappa shape index (κ1) is 15.0. The van der Waals surface area contributed by atoms with Gasteiger partial charge in [-0.25, -0.2) is 15.0 Å². The van der Waals surface area contributed by atoms with E-state index in [2.05, 4.69) is 37.4 Å². The highest BCUT2D eigenvalue weighted by Crippen LogP contribution is 2.25. The Labute approximate surface area is 131 Å². The molecule has 2 aromatic heterocycles. The summed E-state index contributed by atoms with van der Waals surface area (Å²) < 4.78 is 7.52. The summed E-state index contributed by atoms with van der Waals surface area (Å²) in [5.41, 5.74) is 1.09. The number of aromatic nitrogens is 4. The van der Waals surface area contributed by atoms with E-state index in [-0.39, 0.29) is 0 Å². The van der Waals surface area contributed by atoms with Gasteiger partial charge in [-0.3, -0.25) is 0 Å². The molecule has 0 saturated carbocycles. The highest BCUT2D eigenvalue weighted by atomic mass is 16.5. The molecule has 0 spiro atoms. The fourth-order valence-electron chi connectivity index (χ4n) is 2.79. The van der Waals surface area contributed by atoms with E-state index in [1.165, 1.54) is 0 Å². The topological polar surface area (TPSA) is 56.1 Å². The summed E-state index contributed by atoms with van der Waals surface area (Å²) in [6.45, 7) is 5.48. The lowest BCUT2D eigenvalue weighted by Crippen LogP contribution is -2.26. The van der Waals surface area contributed by atoms with Crippen molar-refractivity contribution in [3.8, 4) is 0 Å². The molecule has 0 N–H and O–H groups in total. The van der Waals surface area contributed by atoms with Crippen molar-refractivity contribution in [3.05, 3.63) is 36.3 Å². The number of hydrogen-bond acceptors (Lipinski definition) is 5. The van der Waals surface area contributed by atoms with Crippen LogP contribution in [0, 0.1) is 0 Å². The number of ether oxygens (including phenoxy) is 1. The Morgan fingerprint density at radius 2 is 2.27 bits per heavy atom. The lowest BCUT2D eigenvalue weighted by atomic mass is 10.0. The fourth-order valence-corrected chi connectivity index (χ4v) is 2.79. The maximum atomic E-state index is 5.47. The monoisotopic (exact) mass is 301 g/mol. The van der Waals surface area contributed by atoms with Gasteiger partial charge in [0, 0.05) is 44.6 Å². The second-order valence-corrected chi connectivity index (χ2v) is 5.74. The quantitative estimate of drug-likeness (QED) is 0.818. The van der Waals surface area contributed by atoms with Crippen LogP contribution in [0.5, 0.6) is 0 Å². The Hall–Kier alpha value is -1.95. The molecule has 1 aliphatic heterocycles. The number of anilines is 1. The highest BCUT2D eigenvalue weighted by Gasteiger charge is 2.20. The second kappa shape index (κ2) is 6.87. The van der Waals surface area contributed by atoms with Crippen molar-refractivity contribution >= 4 is 5.82 Å². The summed E-state index contributed by atoms with van der Waals surface area (Å²) in [5, 5.41) is 0. The van der Waals surface area contributed by atoms with Crippen molar-refractivity contribution in [2.24, 2.45) is 7.05 Å². The molecule has 3 rings (SSSR count). The molecule has 6 nitrogen and oxygen atoms in total. The van der Waals surface area contributed by atoms with Crippen LogP contribution in [0.3, 0.4) is 0 Å². The third-order valence-electron chi connectivity index (χ3n) is 4.09. The van der Waals surface area contributed by atoms with Gasteiger partial charge < -0.3 is 14.2 Å². The molecule has 6 heteroatoms. The Kier molecular flexibility index (Phi) is 4.68. The minimum absolute atomic E-state index is 0.401. The van der Waals surface area contributed by atoms with Gasteiger partial charge in [-0.2, -0.15) is 0 Å². The zero-order chi connectivity index (χ0) is 15.4. The first-order valence-corrected chi connectivity index (χ1v) is 7.88. The molecule has 1 aliphatic rings. The van der Waals surface area contributed by atoms with E-state index in [9.17, 15) is 0 Å². The van der Waals surface area contributed by atoms with Crippen LogP contribution in [-0.2, 0) is 18.3 Å². The summed E-state index contributed by atoms with van der Waals surface area (Å²) in [6, 6.07) is 2.11. The van der Waals surface area contributed by atoms with Crippen LogP contribution in [0.25, 0.3) is 0 Å². The molecule has 0 radical (unpaired) electrons. The van der Waals surface area contributed by atoms with Gasteiger partial charge in [0.15, 0.2) is 0 Å². The van der Waals surface area contributed by atoms with Gasteiger partial charge in [0.2, 0.25) is 0 Å². The number of aryl methyl sites for hydroxylation is 1. The van der Waals surface area contributed by atoms with E-state index in [1.807, 2.05) is 19.4 Å². The standard InChI is InChI=1S/C16H23N5O/c1-3-6-21(10-16-17-5-7-20(16)2)15-9-14(18-12-19-15)13-4-8-22-11-13/h5,7,9,12-13H,3-4,6,8,10-11H2,1-2H3. The molecule has 118 valence electrons. The number of rotatable bonds is 6. The van der Waals surface area contributed by atoms with E-state index in [0.717, 1.165) is 56.5 Å². The summed E-state index contributed by atoms with van der Waals surface area (Å²) in [6.07, 6.45) is 7.59. The van der Waals surface area contributed by atoms with E-state index in [1.54, 1.807) is 6.33 Å². The first-order chi connectivity index (χ1) is 10.8. The first-order valence-electron chi connectivity index (χ1n) is 7.88. The molecule has 1 unspecified atom stereocenters. The third kappa shape index (κ3) is 3.27. The minimum atomic E-state index is 0.401. The Morgan fingerprint density at radius 3 is 2.95 bits per heavy atom. The average Bonchev–Trinajstić information content (AvgIpc) is 3.19. The van der Waals surface area contributed by atoms with Gasteiger partial charge in [-0.15, -0.1) is 0 Å². The molecule has 2 aromatic rings. The molecular weight excluding hydrogens is 278 g/mol. The smallest absolute Gasteiger partial charge is 0.132 e. The fraction of sp³-hybridized carbons (Fsp3) is 0.562. The maximum absolute atomic E-state index is 5.47. The van der Waals surface area contributed by atoms with E-state index >= 15 is 0 Å². The lowest BCUT2D eigenvalue weighted by Gasteiger charge is -2.23. The molecule has 1 saturated heterocycles. The van der Waals surface area contributed by atoms with Gasteiger partial charge in [0.25, 0.3) is 0 Å². The molecule has 1 fully saturated rings. The normalized spacial score (nSPS) is 17.8. The van der Waals surface area contributed by atoms with Crippen molar-refractivity contribution in [1.82, 2.24) is 19.5 Å².